The second-order valence-corrected chi connectivity index (χ2v) is 8.55. The summed E-state index contributed by atoms with van der Waals surface area (Å²) in [5, 5.41) is 21.7. The van der Waals surface area contributed by atoms with Gasteiger partial charge in [-0.3, -0.25) is 4.84 Å². The summed E-state index contributed by atoms with van der Waals surface area (Å²) in [6.07, 6.45) is 2.61. The fraction of sp³-hybridized carbons (Fsp3) is 0.789. The Labute approximate surface area is 175 Å². The molecule has 3 amide bonds. The molecule has 2 aliphatic rings. The number of hydrogen-bond donors (Lipinski definition) is 2. The van der Waals surface area contributed by atoms with Crippen LogP contribution < -0.4 is 5.32 Å². The molecule has 0 aliphatic carbocycles. The van der Waals surface area contributed by atoms with Crippen molar-refractivity contribution in [2.45, 2.75) is 77.1 Å². The quantitative estimate of drug-likeness (QED) is 0.607. The van der Waals surface area contributed by atoms with Crippen molar-refractivity contribution in [2.75, 3.05) is 19.8 Å². The fourth-order valence-corrected chi connectivity index (χ4v) is 3.52. The van der Waals surface area contributed by atoms with E-state index in [1.165, 1.54) is 5.06 Å². The number of hydroxylamine groups is 2. The summed E-state index contributed by atoms with van der Waals surface area (Å²) < 4.78 is 10.9. The zero-order valence-electron chi connectivity index (χ0n) is 18.0. The number of aliphatic hydroxyl groups excluding tert-OH is 1. The first-order chi connectivity index (χ1) is 14.2. The molecule has 3 atom stereocenters. The van der Waals surface area contributed by atoms with Crippen LogP contribution in [0.15, 0.2) is 4.42 Å². The number of urea groups is 1. The molecule has 3 rings (SSSR count). The monoisotopic (exact) mass is 425 g/mol. The first-order valence-electron chi connectivity index (χ1n) is 10.4. The number of piperidine rings is 1. The minimum atomic E-state index is -0.902. The Kier molecular flexibility index (Phi) is 6.81. The Morgan fingerprint density at radius 3 is 2.80 bits per heavy atom. The topological polar surface area (TPSA) is 130 Å². The zero-order valence-corrected chi connectivity index (χ0v) is 18.0. The lowest BCUT2D eigenvalue weighted by molar-refractivity contribution is -0.130. The van der Waals surface area contributed by atoms with Crippen molar-refractivity contribution in [3.8, 4) is 0 Å². The number of fused-ring (bicyclic) bond motifs is 2. The molecule has 0 radical (unpaired) electrons. The van der Waals surface area contributed by atoms with E-state index in [1.54, 1.807) is 25.7 Å². The highest BCUT2D eigenvalue weighted by atomic mass is 16.7. The number of carbonyl (C=O) groups is 2. The van der Waals surface area contributed by atoms with Crippen LogP contribution in [0.5, 0.6) is 0 Å². The molecule has 2 saturated heterocycles. The molecule has 3 heterocycles. The molecule has 2 fully saturated rings. The second-order valence-electron chi connectivity index (χ2n) is 8.55. The molecule has 2 aliphatic heterocycles. The normalized spacial score (nSPS) is 22.4. The molecule has 2 N–H and O–H groups in total. The molecule has 0 aromatic carbocycles. The minimum Gasteiger partial charge on any atom is -0.444 e. The van der Waals surface area contributed by atoms with Gasteiger partial charge in [0.15, 0.2) is 0 Å². The highest BCUT2D eigenvalue weighted by molar-refractivity contribution is 5.77. The summed E-state index contributed by atoms with van der Waals surface area (Å²) in [6, 6.07) is -1.45. The lowest BCUT2D eigenvalue weighted by Gasteiger charge is -2.27. The summed E-state index contributed by atoms with van der Waals surface area (Å²) in [5.74, 6) is 0.333. The third-order valence-corrected chi connectivity index (χ3v) is 4.96. The second kappa shape index (κ2) is 9.17. The number of hydrogen-bond acceptors (Lipinski definition) is 8. The fourth-order valence-electron chi connectivity index (χ4n) is 3.52. The predicted octanol–water partition coefficient (Wildman–Crippen LogP) is 2.30. The number of unbranched alkanes of at least 4 members (excludes halogenated alkanes) is 1. The first-order valence-corrected chi connectivity index (χ1v) is 10.4. The molecule has 0 spiro atoms. The summed E-state index contributed by atoms with van der Waals surface area (Å²) >= 11 is 0. The van der Waals surface area contributed by atoms with Gasteiger partial charge in [0.2, 0.25) is 11.8 Å². The van der Waals surface area contributed by atoms with Gasteiger partial charge in [-0.1, -0.05) is 13.3 Å². The lowest BCUT2D eigenvalue weighted by Crippen LogP contribution is -2.36. The molecule has 2 bridgehead atoms. The van der Waals surface area contributed by atoms with Crippen molar-refractivity contribution >= 4 is 12.1 Å². The molecular weight excluding hydrogens is 394 g/mol. The minimum absolute atomic E-state index is 0.0204. The number of amides is 3. The number of nitrogens with zero attached hydrogens (tertiary/aromatic N) is 4. The molecule has 11 heteroatoms. The standard InChI is InChI=1S/C19H31N5O6/c1-5-6-9-28-24-12-7-8-14(23(10-12)18(24)27)16-22-21-15(29-16)13(11-25)20-17(26)30-19(2,3)4/h12-14,25H,5-11H2,1-4H3,(H,20,26)/t12-,13?,14-/m0/s1. The van der Waals surface area contributed by atoms with Gasteiger partial charge in [-0.2, -0.15) is 5.06 Å². The van der Waals surface area contributed by atoms with Crippen molar-refractivity contribution in [1.82, 2.24) is 25.5 Å². The van der Waals surface area contributed by atoms with Crippen molar-refractivity contribution in [3.05, 3.63) is 11.8 Å². The smallest absolute Gasteiger partial charge is 0.408 e. The van der Waals surface area contributed by atoms with Crippen LogP contribution in [0.25, 0.3) is 0 Å². The van der Waals surface area contributed by atoms with E-state index in [0.717, 1.165) is 19.3 Å². The van der Waals surface area contributed by atoms with E-state index < -0.39 is 24.3 Å². The molecule has 168 valence electrons. The Morgan fingerprint density at radius 1 is 1.37 bits per heavy atom. The Balaban J connectivity index is 1.65. The maximum atomic E-state index is 12.8. The maximum Gasteiger partial charge on any atom is 0.408 e. The van der Waals surface area contributed by atoms with Gasteiger partial charge in [0, 0.05) is 6.54 Å². The van der Waals surface area contributed by atoms with Crippen LogP contribution in [0.2, 0.25) is 0 Å². The van der Waals surface area contributed by atoms with Crippen molar-refractivity contribution in [3.63, 3.8) is 0 Å². The van der Waals surface area contributed by atoms with Crippen molar-refractivity contribution in [1.29, 1.82) is 0 Å². The van der Waals surface area contributed by atoms with E-state index >= 15 is 0 Å². The molecular formula is C19H31N5O6. The third kappa shape index (κ3) is 5.01. The van der Waals surface area contributed by atoms with E-state index in [2.05, 4.69) is 22.4 Å². The number of aromatic nitrogens is 2. The van der Waals surface area contributed by atoms with Gasteiger partial charge < -0.3 is 24.5 Å². The van der Waals surface area contributed by atoms with Crippen LogP contribution in [0.3, 0.4) is 0 Å². The lowest BCUT2D eigenvalue weighted by atomic mass is 10.0. The van der Waals surface area contributed by atoms with Gasteiger partial charge in [-0.05, 0) is 40.0 Å². The van der Waals surface area contributed by atoms with Gasteiger partial charge in [0.25, 0.3) is 0 Å². The van der Waals surface area contributed by atoms with Gasteiger partial charge in [0.1, 0.15) is 17.7 Å². The number of ether oxygens (including phenoxy) is 1. The zero-order chi connectivity index (χ0) is 21.9. The number of aliphatic hydroxyl groups is 1. The average molecular weight is 425 g/mol. The maximum absolute atomic E-state index is 12.8. The highest BCUT2D eigenvalue weighted by Gasteiger charge is 2.47. The number of nitrogens with one attached hydrogen (secondary N) is 1. The van der Waals surface area contributed by atoms with E-state index in [4.69, 9.17) is 14.0 Å². The van der Waals surface area contributed by atoms with Crippen LogP contribution in [-0.2, 0) is 9.57 Å². The van der Waals surface area contributed by atoms with E-state index in [1.807, 2.05) is 0 Å². The van der Waals surface area contributed by atoms with Gasteiger partial charge in [0.05, 0.1) is 19.3 Å². The molecule has 0 saturated carbocycles. The summed E-state index contributed by atoms with van der Waals surface area (Å²) in [7, 11) is 0. The van der Waals surface area contributed by atoms with Gasteiger partial charge in [-0.15, -0.1) is 10.2 Å². The summed E-state index contributed by atoms with van der Waals surface area (Å²) in [5.41, 5.74) is -0.677. The third-order valence-electron chi connectivity index (χ3n) is 4.96. The summed E-state index contributed by atoms with van der Waals surface area (Å²) in [4.78, 5) is 32.1. The van der Waals surface area contributed by atoms with Crippen LogP contribution in [0, 0.1) is 0 Å². The van der Waals surface area contributed by atoms with Crippen LogP contribution in [0.4, 0.5) is 9.59 Å². The van der Waals surface area contributed by atoms with Gasteiger partial charge in [-0.25, -0.2) is 9.59 Å². The Hall–Kier alpha value is -2.40. The Bertz CT molecular complexity index is 748. The van der Waals surface area contributed by atoms with Crippen molar-refractivity contribution < 1.29 is 28.7 Å². The molecule has 1 aromatic heterocycles. The molecule has 1 unspecified atom stereocenters. The first kappa shape index (κ1) is 22.3. The number of carbonyl (C=O) groups excluding carboxylic acids is 2. The summed E-state index contributed by atoms with van der Waals surface area (Å²) in [6.45, 7) is 7.90. The molecule has 11 nitrogen and oxygen atoms in total. The van der Waals surface area contributed by atoms with Crippen LogP contribution in [0.1, 0.15) is 77.2 Å². The number of rotatable bonds is 8. The van der Waals surface area contributed by atoms with Crippen molar-refractivity contribution in [2.24, 2.45) is 0 Å². The van der Waals surface area contributed by atoms with Crippen LogP contribution >= 0.6 is 0 Å². The average Bonchev–Trinajstić information content (AvgIpc) is 3.25. The predicted molar refractivity (Wildman–Crippen MR) is 104 cm³/mol. The number of alkyl carbamates (subject to hydrolysis) is 1. The van der Waals surface area contributed by atoms with E-state index in [-0.39, 0.29) is 29.9 Å². The van der Waals surface area contributed by atoms with E-state index in [0.29, 0.717) is 19.6 Å². The SMILES string of the molecule is CCCCON1C(=O)N2C[C@@H]1CC[C@H]2c1nnc(C(CO)NC(=O)OC(C)(C)C)o1. The van der Waals surface area contributed by atoms with Gasteiger partial charge >= 0.3 is 12.1 Å². The van der Waals surface area contributed by atoms with E-state index in [9.17, 15) is 14.7 Å². The Morgan fingerprint density at radius 2 is 2.13 bits per heavy atom. The highest BCUT2D eigenvalue weighted by Crippen LogP contribution is 2.38. The molecule has 1 aromatic rings. The molecule has 30 heavy (non-hydrogen) atoms. The van der Waals surface area contributed by atoms with Crippen LogP contribution in [-0.4, -0.2) is 68.8 Å². The largest absolute Gasteiger partial charge is 0.444 e.